The molecule has 0 saturated heterocycles. The highest BCUT2D eigenvalue weighted by Crippen LogP contribution is 2.64. The zero-order valence-corrected chi connectivity index (χ0v) is 46.0. The number of carbonyl (C=O) groups is 2. The quantitative estimate of drug-likeness (QED) is 0.176. The Kier molecular flexibility index (Phi) is 8.25. The molecule has 7 aromatic carbocycles. The Balaban J connectivity index is 0.952. The third-order valence-electron chi connectivity index (χ3n) is 25.5. The molecule has 0 amide bonds. The van der Waals surface area contributed by atoms with Gasteiger partial charge in [-0.3, -0.25) is 9.59 Å². The third kappa shape index (κ3) is 5.44. The first-order chi connectivity index (χ1) is 39.3. The van der Waals surface area contributed by atoms with Gasteiger partial charge in [-0.25, -0.2) is 0 Å². The van der Waals surface area contributed by atoms with Crippen LogP contribution >= 0.6 is 0 Å². The normalized spacial score (nSPS) is 32.9. The fourth-order valence-electron chi connectivity index (χ4n) is 23.1. The summed E-state index contributed by atoms with van der Waals surface area (Å²) in [5.41, 5.74) is 20.6. The summed E-state index contributed by atoms with van der Waals surface area (Å²) in [7, 11) is 0. The largest absolute Gasteiger partial charge is 0.307 e. The van der Waals surface area contributed by atoms with Crippen LogP contribution in [-0.2, 0) is 10.8 Å². The number of rotatable bonds is 4. The van der Waals surface area contributed by atoms with Crippen molar-refractivity contribution in [2.75, 3.05) is 0 Å². The molecule has 14 aliphatic rings. The van der Waals surface area contributed by atoms with E-state index in [9.17, 15) is 0 Å². The summed E-state index contributed by atoms with van der Waals surface area (Å²) in [6.07, 6.45) is 25.0. The lowest BCUT2D eigenvalue weighted by Gasteiger charge is -2.57. The summed E-state index contributed by atoms with van der Waals surface area (Å²) < 4.78 is 5.41. The minimum absolute atomic E-state index is 0.0960. The summed E-state index contributed by atoms with van der Waals surface area (Å²) in [5, 5.41) is 10.9. The molecule has 4 heteroatoms. The summed E-state index contributed by atoms with van der Waals surface area (Å²) in [6, 6.07) is 43.6. The van der Waals surface area contributed by atoms with Crippen molar-refractivity contribution in [3.63, 3.8) is 0 Å². The molecule has 12 bridgehead atoms. The number of fused-ring (bicyclic) bond motifs is 16. The predicted molar refractivity (Wildman–Crippen MR) is 324 cm³/mol. The van der Waals surface area contributed by atoms with E-state index >= 15 is 9.59 Å². The summed E-state index contributed by atoms with van der Waals surface area (Å²) in [4.78, 5) is 30.8. The number of hydrogen-bond acceptors (Lipinski definition) is 2. The van der Waals surface area contributed by atoms with Gasteiger partial charge in [0.15, 0.2) is 11.6 Å². The van der Waals surface area contributed by atoms with Gasteiger partial charge in [-0.05, 0) is 269 Å². The van der Waals surface area contributed by atoms with Crippen molar-refractivity contribution in [1.29, 1.82) is 0 Å². The molecule has 25 rings (SSSR count). The molecule has 0 unspecified atom stereocenters. The highest BCUT2D eigenvalue weighted by Gasteiger charge is 2.54. The first-order valence-electron chi connectivity index (χ1n) is 32.1. The van der Waals surface area contributed by atoms with Gasteiger partial charge in [-0.15, -0.1) is 0 Å². The number of benzene rings is 7. The molecule has 14 aliphatic carbocycles. The van der Waals surface area contributed by atoms with Crippen LogP contribution in [0.3, 0.4) is 0 Å². The molecule has 10 fully saturated rings. The monoisotopic (exact) mass is 1040 g/mol. The minimum Gasteiger partial charge on any atom is -0.307 e. The minimum atomic E-state index is 0.0960. The average Bonchev–Trinajstić information content (AvgIpc) is 3.94. The lowest BCUT2D eigenvalue weighted by molar-refractivity contribution is -0.00520. The van der Waals surface area contributed by atoms with Crippen LogP contribution in [0.25, 0.3) is 98.4 Å². The van der Waals surface area contributed by atoms with Gasteiger partial charge in [0.25, 0.3) is 0 Å². The third-order valence-corrected chi connectivity index (χ3v) is 25.5. The van der Waals surface area contributed by atoms with E-state index in [0.717, 1.165) is 98.0 Å². The molecule has 4 heterocycles. The smallest absolute Gasteiger partial charge is 0.166 e. The van der Waals surface area contributed by atoms with Gasteiger partial charge in [0.1, 0.15) is 0 Å². The Morgan fingerprint density at radius 3 is 0.988 bits per heavy atom. The van der Waals surface area contributed by atoms with Crippen LogP contribution in [-0.4, -0.2) is 20.4 Å². The van der Waals surface area contributed by atoms with Crippen LogP contribution in [0.4, 0.5) is 0 Å². The number of Topliss-reactive ketones (excluding diaryl/α,β-unsaturated/α-hetero) is 2. The van der Waals surface area contributed by atoms with Gasteiger partial charge < -0.3 is 8.80 Å². The van der Waals surface area contributed by atoms with Crippen LogP contribution in [0.2, 0.25) is 0 Å². The molecule has 4 aromatic heterocycles. The molecule has 11 aromatic rings. The van der Waals surface area contributed by atoms with E-state index in [1.165, 1.54) is 187 Å². The number of ketones is 2. The van der Waals surface area contributed by atoms with E-state index in [0.29, 0.717) is 23.4 Å². The van der Waals surface area contributed by atoms with E-state index in [2.05, 4.69) is 118 Å². The second-order valence-electron chi connectivity index (χ2n) is 29.6. The number of aromatic nitrogens is 2. The van der Waals surface area contributed by atoms with Crippen LogP contribution in [0.5, 0.6) is 0 Å². The SMILES string of the molecule is O=C1c2c(cc3c4cc(C56CC7CC(CC(C7)C5)C6)cc5c6cc7c(cc6n(c3c2-c2ccccc2)c54)c2cc(C34CC5CC(CC(C5)C3)C4)cc3c4cc5c(c(-c6ccccc6)c4n7c23)C(=O)C2CCC5CC2)C2CCC1CC2. The van der Waals surface area contributed by atoms with Crippen LogP contribution in [0.1, 0.15) is 183 Å². The van der Waals surface area contributed by atoms with E-state index in [-0.39, 0.29) is 22.7 Å². The molecule has 0 spiro atoms. The van der Waals surface area contributed by atoms with E-state index in [1.54, 1.807) is 11.1 Å². The van der Waals surface area contributed by atoms with E-state index < -0.39 is 0 Å². The van der Waals surface area contributed by atoms with Gasteiger partial charge in [0.2, 0.25) is 0 Å². The molecule has 0 atom stereocenters. The van der Waals surface area contributed by atoms with Gasteiger partial charge in [0, 0.05) is 77.2 Å². The van der Waals surface area contributed by atoms with Crippen molar-refractivity contribution in [1.82, 2.24) is 8.80 Å². The van der Waals surface area contributed by atoms with Crippen LogP contribution < -0.4 is 0 Å². The second kappa shape index (κ2) is 14.9. The molecule has 0 N–H and O–H groups in total. The highest BCUT2D eigenvalue weighted by atomic mass is 16.1. The van der Waals surface area contributed by atoms with Crippen molar-refractivity contribution in [2.45, 2.75) is 151 Å². The zero-order chi connectivity index (χ0) is 51.8. The number of hydrogen-bond donors (Lipinski definition) is 0. The Bertz CT molecular complexity index is 4240. The van der Waals surface area contributed by atoms with Crippen molar-refractivity contribution < 1.29 is 9.59 Å². The first-order valence-corrected chi connectivity index (χ1v) is 32.1. The van der Waals surface area contributed by atoms with Crippen molar-refractivity contribution >= 4 is 87.8 Å². The van der Waals surface area contributed by atoms with Gasteiger partial charge in [0.05, 0.1) is 33.1 Å². The van der Waals surface area contributed by atoms with Gasteiger partial charge >= 0.3 is 0 Å². The van der Waals surface area contributed by atoms with Crippen LogP contribution in [0, 0.1) is 47.3 Å². The predicted octanol–water partition coefficient (Wildman–Crippen LogP) is 19.2. The topological polar surface area (TPSA) is 43.0 Å². The Morgan fingerprint density at radius 2 is 0.637 bits per heavy atom. The molecular weight excluding hydrogens is 973 g/mol. The van der Waals surface area contributed by atoms with Crippen LogP contribution in [0.15, 0.2) is 109 Å². The summed E-state index contributed by atoms with van der Waals surface area (Å²) in [5.74, 6) is 6.82. The Hall–Kier alpha value is -6.52. The fraction of sp³-hybridized carbons (Fsp3) is 0.421. The molecule has 0 aliphatic heterocycles. The second-order valence-corrected chi connectivity index (χ2v) is 29.6. The lowest BCUT2D eigenvalue weighted by atomic mass is 9.48. The molecular formula is C76H68N2O2. The summed E-state index contributed by atoms with van der Waals surface area (Å²) in [6.45, 7) is 0. The molecule has 80 heavy (non-hydrogen) atoms. The maximum atomic E-state index is 15.4. The summed E-state index contributed by atoms with van der Waals surface area (Å²) >= 11 is 0. The lowest BCUT2D eigenvalue weighted by Crippen LogP contribution is -2.48. The Labute approximate surface area is 467 Å². The zero-order valence-electron chi connectivity index (χ0n) is 46.0. The average molecular weight is 1040 g/mol. The highest BCUT2D eigenvalue weighted by molar-refractivity contribution is 6.32. The number of nitrogens with zero attached hydrogens (tertiary/aromatic N) is 2. The fourth-order valence-corrected chi connectivity index (χ4v) is 23.1. The maximum absolute atomic E-state index is 15.4. The molecule has 4 nitrogen and oxygen atoms in total. The maximum Gasteiger partial charge on any atom is 0.166 e. The Morgan fingerprint density at radius 1 is 0.325 bits per heavy atom. The number of carbonyl (C=O) groups excluding carboxylic acids is 2. The standard InChI is InChI=1S/C76H68N2O2/c79-73-49-15-11-45(12-16-49)53-29-61-59-27-51(75-33-39-19-40(34-75)21-41(20-39)35-75)25-57-55-32-64-56(31-63(55)77(69(57)59)71(61)65(67(53)73)47-7-3-1-4-8-47)58-26-52(76-36-42-22-43(37-76)24-44(23-42)38-76)28-60-62-30-54-46-13-17-50(18-14-46)74(80)68(54)66(48-9-5-2-6-10-48)72(62)78(64)70(58)60/h1-10,25-32,39-46,49-50H,11-24,33-38H2. The first kappa shape index (κ1) is 44.2. The molecule has 394 valence electrons. The van der Waals surface area contributed by atoms with E-state index in [4.69, 9.17) is 0 Å². The molecule has 0 radical (unpaired) electrons. The van der Waals surface area contributed by atoms with Gasteiger partial charge in [-0.1, -0.05) is 60.7 Å². The van der Waals surface area contributed by atoms with E-state index in [1.807, 2.05) is 0 Å². The van der Waals surface area contributed by atoms with Crippen molar-refractivity contribution in [3.8, 4) is 22.3 Å². The van der Waals surface area contributed by atoms with Crippen molar-refractivity contribution in [3.05, 3.63) is 143 Å². The van der Waals surface area contributed by atoms with Crippen molar-refractivity contribution in [2.24, 2.45) is 47.3 Å². The van der Waals surface area contributed by atoms with Gasteiger partial charge in [-0.2, -0.15) is 0 Å². The molecule has 10 saturated carbocycles.